The predicted molar refractivity (Wildman–Crippen MR) is 96.5 cm³/mol. The zero-order chi connectivity index (χ0) is 18.6. The molecule has 1 aromatic heterocycles. The summed E-state index contributed by atoms with van der Waals surface area (Å²) in [6.07, 6.45) is 2.15. The summed E-state index contributed by atoms with van der Waals surface area (Å²) in [5.74, 6) is 0.153. The fourth-order valence-electron chi connectivity index (χ4n) is 3.09. The van der Waals surface area contributed by atoms with Gasteiger partial charge in [0.25, 0.3) is 5.91 Å². The van der Waals surface area contributed by atoms with Gasteiger partial charge in [-0.15, -0.1) is 0 Å². The fraction of sp³-hybridized carbons (Fsp3) is 0.611. The van der Waals surface area contributed by atoms with Gasteiger partial charge in [0.2, 0.25) is 5.91 Å². The van der Waals surface area contributed by atoms with Crippen LogP contribution >= 0.6 is 0 Å². The molecule has 0 unspecified atom stereocenters. The highest BCUT2D eigenvalue weighted by molar-refractivity contribution is 5.93. The number of nitrogens with zero attached hydrogens (tertiary/aromatic N) is 3. The molecule has 7 heteroatoms. The normalized spacial score (nSPS) is 17.7. The lowest BCUT2D eigenvalue weighted by Gasteiger charge is -2.32. The molecule has 1 aliphatic rings. The van der Waals surface area contributed by atoms with Gasteiger partial charge in [-0.3, -0.25) is 14.6 Å². The molecule has 25 heavy (non-hydrogen) atoms. The Hall–Kier alpha value is -2.15. The Bertz CT molecular complexity index is 627. The van der Waals surface area contributed by atoms with E-state index >= 15 is 0 Å². The smallest absolute Gasteiger partial charge is 0.270 e. The van der Waals surface area contributed by atoms with Crippen LogP contribution in [-0.4, -0.2) is 65.6 Å². The molecule has 0 aromatic carbocycles. The molecule has 2 amide bonds. The Kier molecular flexibility index (Phi) is 6.00. The third kappa shape index (κ3) is 4.92. The van der Waals surface area contributed by atoms with Crippen molar-refractivity contribution in [2.24, 2.45) is 5.92 Å². The molecule has 0 radical (unpaired) electrons. The zero-order valence-corrected chi connectivity index (χ0v) is 15.5. The molecule has 2 N–H and O–H groups in total. The first-order chi connectivity index (χ1) is 11.7. The van der Waals surface area contributed by atoms with Crippen LogP contribution in [0, 0.1) is 5.92 Å². The van der Waals surface area contributed by atoms with E-state index in [0.29, 0.717) is 12.1 Å². The molecule has 138 valence electrons. The van der Waals surface area contributed by atoms with Gasteiger partial charge in [0, 0.05) is 56.4 Å². The molecule has 1 aliphatic heterocycles. The minimum absolute atomic E-state index is 0.106. The predicted octanol–water partition coefficient (Wildman–Crippen LogP) is 0.887. The van der Waals surface area contributed by atoms with E-state index in [2.05, 4.69) is 36.0 Å². The van der Waals surface area contributed by atoms with Crippen LogP contribution in [0.1, 0.15) is 37.7 Å². The van der Waals surface area contributed by atoms with Crippen molar-refractivity contribution in [3.63, 3.8) is 0 Å². The van der Waals surface area contributed by atoms with Crippen LogP contribution in [0.15, 0.2) is 18.3 Å². The van der Waals surface area contributed by atoms with Crippen LogP contribution in [0.2, 0.25) is 0 Å². The van der Waals surface area contributed by atoms with Crippen LogP contribution in [0.5, 0.6) is 0 Å². The molecule has 1 aromatic rings. The van der Waals surface area contributed by atoms with Gasteiger partial charge in [0.15, 0.2) is 0 Å². The summed E-state index contributed by atoms with van der Waals surface area (Å²) in [6.45, 7) is 7.74. The molecule has 0 bridgehead atoms. The van der Waals surface area contributed by atoms with Gasteiger partial charge in [-0.1, -0.05) is 0 Å². The minimum Gasteiger partial charge on any atom is -0.395 e. The lowest BCUT2D eigenvalue weighted by Crippen LogP contribution is -2.42. The van der Waals surface area contributed by atoms with E-state index in [4.69, 9.17) is 5.11 Å². The van der Waals surface area contributed by atoms with Gasteiger partial charge < -0.3 is 20.2 Å². The van der Waals surface area contributed by atoms with Gasteiger partial charge in [0.1, 0.15) is 5.69 Å². The Morgan fingerprint density at radius 2 is 2.20 bits per heavy atom. The number of nitrogens with one attached hydrogen (secondary N) is 1. The van der Waals surface area contributed by atoms with E-state index in [-0.39, 0.29) is 36.4 Å². The standard InChI is InChI=1S/C18H28N4O3/c1-18(2,3)22-12-13(9-16(22)24)11-21(4)14-5-6-19-15(10-14)17(25)20-7-8-23/h5-6,10,13,23H,7-9,11-12H2,1-4H3,(H,20,25)/t13-/m1/s1. The van der Waals surface area contributed by atoms with Crippen molar-refractivity contribution >= 4 is 17.5 Å². The second-order valence-electron chi connectivity index (χ2n) is 7.50. The van der Waals surface area contributed by atoms with Crippen LogP contribution < -0.4 is 10.2 Å². The molecule has 0 aliphatic carbocycles. The number of pyridine rings is 1. The Labute approximate surface area is 149 Å². The number of anilines is 1. The number of likely N-dealkylation sites (tertiary alicyclic amines) is 1. The van der Waals surface area contributed by atoms with Gasteiger partial charge >= 0.3 is 0 Å². The molecule has 0 saturated carbocycles. The van der Waals surface area contributed by atoms with Crippen LogP contribution in [0.25, 0.3) is 0 Å². The van der Waals surface area contributed by atoms with E-state index < -0.39 is 0 Å². The quantitative estimate of drug-likeness (QED) is 0.797. The average molecular weight is 348 g/mol. The fourth-order valence-corrected chi connectivity index (χ4v) is 3.09. The second kappa shape index (κ2) is 7.82. The number of amides is 2. The maximum absolute atomic E-state index is 12.2. The summed E-state index contributed by atoms with van der Waals surface area (Å²) in [5, 5.41) is 11.4. The summed E-state index contributed by atoms with van der Waals surface area (Å²) in [6, 6.07) is 3.58. The van der Waals surface area contributed by atoms with Crippen molar-refractivity contribution in [1.29, 1.82) is 0 Å². The first-order valence-electron chi connectivity index (χ1n) is 8.59. The molecular formula is C18H28N4O3. The molecule has 7 nitrogen and oxygen atoms in total. The van der Waals surface area contributed by atoms with Crippen molar-refractivity contribution in [2.75, 3.05) is 38.2 Å². The third-order valence-electron chi connectivity index (χ3n) is 4.36. The lowest BCUT2D eigenvalue weighted by atomic mass is 10.1. The van der Waals surface area contributed by atoms with Crippen molar-refractivity contribution in [3.8, 4) is 0 Å². The minimum atomic E-state index is -0.306. The van der Waals surface area contributed by atoms with E-state index in [1.54, 1.807) is 12.3 Å². The van der Waals surface area contributed by atoms with Crippen LogP contribution in [-0.2, 0) is 4.79 Å². The lowest BCUT2D eigenvalue weighted by molar-refractivity contribution is -0.131. The van der Waals surface area contributed by atoms with Crippen molar-refractivity contribution < 1.29 is 14.7 Å². The Morgan fingerprint density at radius 3 is 2.80 bits per heavy atom. The molecule has 1 fully saturated rings. The highest BCUT2D eigenvalue weighted by atomic mass is 16.3. The van der Waals surface area contributed by atoms with Crippen molar-refractivity contribution in [1.82, 2.24) is 15.2 Å². The largest absolute Gasteiger partial charge is 0.395 e. The van der Waals surface area contributed by atoms with Gasteiger partial charge in [-0.05, 0) is 32.9 Å². The number of aromatic nitrogens is 1. The van der Waals surface area contributed by atoms with Gasteiger partial charge in [-0.2, -0.15) is 0 Å². The molecule has 1 saturated heterocycles. The average Bonchev–Trinajstić information content (AvgIpc) is 2.93. The number of hydrogen-bond acceptors (Lipinski definition) is 5. The zero-order valence-electron chi connectivity index (χ0n) is 15.5. The number of aliphatic hydroxyl groups is 1. The molecule has 1 atom stereocenters. The summed E-state index contributed by atoms with van der Waals surface area (Å²) in [4.78, 5) is 32.2. The maximum Gasteiger partial charge on any atom is 0.270 e. The topological polar surface area (TPSA) is 85.8 Å². The number of carbonyl (C=O) groups excluding carboxylic acids is 2. The monoisotopic (exact) mass is 348 g/mol. The van der Waals surface area contributed by atoms with Gasteiger partial charge in [-0.25, -0.2) is 0 Å². The van der Waals surface area contributed by atoms with Crippen LogP contribution in [0.3, 0.4) is 0 Å². The molecule has 0 spiro atoms. The second-order valence-corrected chi connectivity index (χ2v) is 7.50. The highest BCUT2D eigenvalue weighted by Gasteiger charge is 2.36. The Balaban J connectivity index is 2.01. The summed E-state index contributed by atoms with van der Waals surface area (Å²) >= 11 is 0. The number of carbonyl (C=O) groups is 2. The first-order valence-corrected chi connectivity index (χ1v) is 8.59. The van der Waals surface area contributed by atoms with E-state index in [1.807, 2.05) is 18.0 Å². The highest BCUT2D eigenvalue weighted by Crippen LogP contribution is 2.27. The van der Waals surface area contributed by atoms with E-state index in [1.165, 1.54) is 0 Å². The SMILES string of the molecule is CN(C[C@H]1CC(=O)N(C(C)(C)C)C1)c1ccnc(C(=O)NCCO)c1. The van der Waals surface area contributed by atoms with Gasteiger partial charge in [0.05, 0.1) is 6.61 Å². The van der Waals surface area contributed by atoms with Crippen molar-refractivity contribution in [3.05, 3.63) is 24.0 Å². The Morgan fingerprint density at radius 1 is 1.48 bits per heavy atom. The summed E-state index contributed by atoms with van der Waals surface area (Å²) in [5.41, 5.74) is 1.04. The number of aliphatic hydroxyl groups excluding tert-OH is 1. The third-order valence-corrected chi connectivity index (χ3v) is 4.36. The first kappa shape index (κ1) is 19.2. The maximum atomic E-state index is 12.2. The molecular weight excluding hydrogens is 320 g/mol. The summed E-state index contributed by atoms with van der Waals surface area (Å²) in [7, 11) is 1.95. The van der Waals surface area contributed by atoms with Crippen molar-refractivity contribution in [2.45, 2.75) is 32.7 Å². The molecule has 2 heterocycles. The molecule has 2 rings (SSSR count). The number of hydrogen-bond donors (Lipinski definition) is 2. The summed E-state index contributed by atoms with van der Waals surface area (Å²) < 4.78 is 0. The van der Waals surface area contributed by atoms with E-state index in [0.717, 1.165) is 18.8 Å². The number of rotatable bonds is 6. The van der Waals surface area contributed by atoms with Crippen LogP contribution in [0.4, 0.5) is 5.69 Å². The van der Waals surface area contributed by atoms with E-state index in [9.17, 15) is 9.59 Å².